The van der Waals surface area contributed by atoms with Gasteiger partial charge in [-0.3, -0.25) is 19.7 Å². The van der Waals surface area contributed by atoms with Crippen LogP contribution in [0.3, 0.4) is 0 Å². The lowest BCUT2D eigenvalue weighted by Crippen LogP contribution is -2.43. The molecule has 7 nitrogen and oxygen atoms in total. The van der Waals surface area contributed by atoms with Crippen molar-refractivity contribution in [3.05, 3.63) is 66.1 Å². The van der Waals surface area contributed by atoms with Gasteiger partial charge in [0.2, 0.25) is 0 Å². The first kappa shape index (κ1) is 19.3. The molecule has 1 aromatic carbocycles. The molecule has 1 aliphatic rings. The van der Waals surface area contributed by atoms with E-state index in [1.54, 1.807) is 18.5 Å². The molecule has 7 heteroatoms. The van der Waals surface area contributed by atoms with E-state index in [2.05, 4.69) is 26.3 Å². The Morgan fingerprint density at radius 3 is 2.93 bits per heavy atom. The molecule has 150 valence electrons. The molecule has 2 aromatic heterocycles. The van der Waals surface area contributed by atoms with Crippen LogP contribution in [0.1, 0.15) is 11.3 Å². The Hall–Kier alpha value is -3.03. The lowest BCUT2D eigenvalue weighted by atomic mass is 10.1. The Morgan fingerprint density at radius 2 is 2.00 bits per heavy atom. The second-order valence-corrected chi connectivity index (χ2v) is 7.17. The topological polar surface area (TPSA) is 87.6 Å². The fourth-order valence-corrected chi connectivity index (χ4v) is 3.55. The quantitative estimate of drug-likeness (QED) is 0.634. The number of para-hydroxylation sites is 1. The van der Waals surface area contributed by atoms with Gasteiger partial charge in [-0.05, 0) is 30.2 Å². The first-order chi connectivity index (χ1) is 14.2. The third kappa shape index (κ3) is 4.88. The molecule has 0 bridgehead atoms. The van der Waals surface area contributed by atoms with Gasteiger partial charge >= 0.3 is 0 Å². The van der Waals surface area contributed by atoms with Gasteiger partial charge in [-0.15, -0.1) is 0 Å². The summed E-state index contributed by atoms with van der Waals surface area (Å²) in [7, 11) is 0. The maximum Gasteiger partial charge on any atom is 0.258 e. The number of benzene rings is 1. The van der Waals surface area contributed by atoms with E-state index < -0.39 is 6.10 Å². The lowest BCUT2D eigenvalue weighted by molar-refractivity contribution is -0.123. The minimum absolute atomic E-state index is 0.122. The number of nitrogens with one attached hydrogen (secondary N) is 1. The lowest BCUT2D eigenvalue weighted by Gasteiger charge is -2.29. The summed E-state index contributed by atoms with van der Waals surface area (Å²) < 4.78 is 5.63. The van der Waals surface area contributed by atoms with Crippen LogP contribution in [0.4, 0.5) is 0 Å². The molecule has 29 heavy (non-hydrogen) atoms. The van der Waals surface area contributed by atoms with Gasteiger partial charge in [0.05, 0.1) is 11.8 Å². The summed E-state index contributed by atoms with van der Waals surface area (Å²) in [5.41, 5.74) is 3.06. The van der Waals surface area contributed by atoms with Crippen molar-refractivity contribution < 1.29 is 14.6 Å². The highest BCUT2D eigenvalue weighted by Gasteiger charge is 2.19. The van der Waals surface area contributed by atoms with Gasteiger partial charge in [0.1, 0.15) is 11.3 Å². The molecule has 1 amide bonds. The van der Waals surface area contributed by atoms with Crippen LogP contribution in [0.2, 0.25) is 0 Å². The fraction of sp³-hybridized carbons (Fsp3) is 0.318. The summed E-state index contributed by atoms with van der Waals surface area (Å²) in [5.74, 6) is 0.293. The predicted molar refractivity (Wildman–Crippen MR) is 109 cm³/mol. The van der Waals surface area contributed by atoms with E-state index in [9.17, 15) is 9.90 Å². The minimum Gasteiger partial charge on any atom is -0.481 e. The Bertz CT molecular complexity index is 989. The van der Waals surface area contributed by atoms with Gasteiger partial charge in [-0.2, -0.15) is 0 Å². The number of hydrogen-bond donors (Lipinski definition) is 2. The minimum atomic E-state index is -0.650. The molecule has 2 N–H and O–H groups in total. The number of carbonyl (C=O) groups excluding carboxylic acids is 1. The van der Waals surface area contributed by atoms with Crippen molar-refractivity contribution in [2.45, 2.75) is 19.1 Å². The standard InChI is InChI=1S/C22H24N4O3/c27-18(13-26-11-8-16-5-2-9-23-19(16)14-26)12-25-21(28)15-29-20-7-1-4-17-6-3-10-24-22(17)20/h1-7,9-10,18,27H,8,11-15H2,(H,25,28). The normalized spacial score (nSPS) is 14.9. The van der Waals surface area contributed by atoms with Crippen molar-refractivity contribution in [1.29, 1.82) is 0 Å². The molecule has 0 radical (unpaired) electrons. The highest BCUT2D eigenvalue weighted by atomic mass is 16.5. The second kappa shape index (κ2) is 8.98. The molecular formula is C22H24N4O3. The molecule has 3 heterocycles. The maximum atomic E-state index is 12.1. The number of fused-ring (bicyclic) bond motifs is 2. The predicted octanol–water partition coefficient (Wildman–Crippen LogP) is 1.54. The molecule has 0 saturated carbocycles. The van der Waals surface area contributed by atoms with Crippen molar-refractivity contribution in [3.8, 4) is 5.75 Å². The zero-order chi connectivity index (χ0) is 20.1. The molecule has 0 aliphatic carbocycles. The first-order valence-corrected chi connectivity index (χ1v) is 9.75. The van der Waals surface area contributed by atoms with Crippen molar-refractivity contribution in [3.63, 3.8) is 0 Å². The molecule has 1 atom stereocenters. The van der Waals surface area contributed by atoms with E-state index in [0.29, 0.717) is 12.3 Å². The Morgan fingerprint density at radius 1 is 1.17 bits per heavy atom. The molecule has 0 saturated heterocycles. The van der Waals surface area contributed by atoms with E-state index in [4.69, 9.17) is 4.74 Å². The van der Waals surface area contributed by atoms with Crippen molar-refractivity contribution in [2.75, 3.05) is 26.2 Å². The molecular weight excluding hydrogens is 368 g/mol. The van der Waals surface area contributed by atoms with Gasteiger partial charge in [0.25, 0.3) is 5.91 Å². The van der Waals surface area contributed by atoms with Gasteiger partial charge in [-0.25, -0.2) is 0 Å². The maximum absolute atomic E-state index is 12.1. The number of aromatic nitrogens is 2. The molecule has 4 rings (SSSR count). The van der Waals surface area contributed by atoms with Gasteiger partial charge in [-0.1, -0.05) is 24.3 Å². The largest absolute Gasteiger partial charge is 0.481 e. The zero-order valence-electron chi connectivity index (χ0n) is 16.1. The Kier molecular flexibility index (Phi) is 5.97. The summed E-state index contributed by atoms with van der Waals surface area (Å²) in [6, 6.07) is 13.5. The molecule has 0 fully saturated rings. The summed E-state index contributed by atoms with van der Waals surface area (Å²) >= 11 is 0. The van der Waals surface area contributed by atoms with Crippen molar-refractivity contribution >= 4 is 16.8 Å². The summed E-state index contributed by atoms with van der Waals surface area (Å²) in [5, 5.41) is 14.0. The van der Waals surface area contributed by atoms with Gasteiger partial charge in [0.15, 0.2) is 6.61 Å². The van der Waals surface area contributed by atoms with Crippen LogP contribution in [0.15, 0.2) is 54.9 Å². The van der Waals surface area contributed by atoms with Crippen LogP contribution >= 0.6 is 0 Å². The highest BCUT2D eigenvalue weighted by Crippen LogP contribution is 2.22. The number of β-amino-alcohol motifs (C(OH)–C–C–N with tert-alkyl or cyclic N) is 1. The van der Waals surface area contributed by atoms with E-state index in [0.717, 1.165) is 36.1 Å². The van der Waals surface area contributed by atoms with Crippen LogP contribution in [0.25, 0.3) is 10.9 Å². The number of aliphatic hydroxyl groups excluding tert-OH is 1. The average Bonchev–Trinajstić information content (AvgIpc) is 2.76. The number of carbonyl (C=O) groups is 1. The Balaban J connectivity index is 1.22. The highest BCUT2D eigenvalue weighted by molar-refractivity contribution is 5.85. The third-order valence-electron chi connectivity index (χ3n) is 5.01. The van der Waals surface area contributed by atoms with E-state index in [1.807, 2.05) is 30.3 Å². The summed E-state index contributed by atoms with van der Waals surface area (Å²) in [6.45, 7) is 2.15. The van der Waals surface area contributed by atoms with Crippen LogP contribution < -0.4 is 10.1 Å². The molecule has 3 aromatic rings. The number of ether oxygens (including phenoxy) is 1. The second-order valence-electron chi connectivity index (χ2n) is 7.17. The Labute approximate surface area is 169 Å². The average molecular weight is 392 g/mol. The third-order valence-corrected chi connectivity index (χ3v) is 5.01. The SMILES string of the molecule is O=C(COc1cccc2cccnc12)NCC(O)CN1CCc2cccnc2C1. The van der Waals surface area contributed by atoms with E-state index >= 15 is 0 Å². The van der Waals surface area contributed by atoms with Gasteiger partial charge in [0, 0.05) is 44.0 Å². The van der Waals surface area contributed by atoms with E-state index in [-0.39, 0.29) is 19.1 Å². The molecule has 1 aliphatic heterocycles. The summed E-state index contributed by atoms with van der Waals surface area (Å²) in [4.78, 5) is 23.0. The van der Waals surface area contributed by atoms with Crippen molar-refractivity contribution in [2.24, 2.45) is 0 Å². The number of hydrogen-bond acceptors (Lipinski definition) is 6. The number of aliphatic hydroxyl groups is 1. The van der Waals surface area contributed by atoms with Crippen molar-refractivity contribution in [1.82, 2.24) is 20.2 Å². The smallest absolute Gasteiger partial charge is 0.258 e. The van der Waals surface area contributed by atoms with Crippen LogP contribution in [-0.2, 0) is 17.8 Å². The number of amides is 1. The van der Waals surface area contributed by atoms with E-state index in [1.165, 1.54) is 5.56 Å². The monoisotopic (exact) mass is 392 g/mol. The van der Waals surface area contributed by atoms with Crippen LogP contribution in [-0.4, -0.2) is 58.2 Å². The number of rotatable bonds is 7. The first-order valence-electron chi connectivity index (χ1n) is 9.75. The van der Waals surface area contributed by atoms with Gasteiger partial charge < -0.3 is 15.2 Å². The zero-order valence-corrected chi connectivity index (χ0v) is 16.1. The summed E-state index contributed by atoms with van der Waals surface area (Å²) in [6.07, 6.45) is 3.77. The van der Waals surface area contributed by atoms with Crippen LogP contribution in [0.5, 0.6) is 5.75 Å². The molecule has 1 unspecified atom stereocenters. The van der Waals surface area contributed by atoms with Crippen LogP contribution in [0, 0.1) is 0 Å². The fourth-order valence-electron chi connectivity index (χ4n) is 3.55. The number of nitrogens with zero attached hydrogens (tertiary/aromatic N) is 3. The number of pyridine rings is 2. The molecule has 0 spiro atoms.